The zero-order valence-electron chi connectivity index (χ0n) is 14.2. The van der Waals surface area contributed by atoms with Crippen LogP contribution >= 0.6 is 22.7 Å². The molecule has 0 radical (unpaired) electrons. The van der Waals surface area contributed by atoms with E-state index >= 15 is 0 Å². The van der Waals surface area contributed by atoms with Crippen molar-refractivity contribution >= 4 is 40.2 Å². The number of ether oxygens (including phenoxy) is 1. The van der Waals surface area contributed by atoms with Crippen LogP contribution in [0.4, 0.5) is 5.69 Å². The first kappa shape index (κ1) is 18.3. The fourth-order valence-electron chi connectivity index (χ4n) is 2.32. The zero-order chi connectivity index (χ0) is 18.4. The van der Waals surface area contributed by atoms with Crippen LogP contribution in [0, 0.1) is 0 Å². The van der Waals surface area contributed by atoms with Crippen LogP contribution in [-0.4, -0.2) is 23.5 Å². The Kier molecular flexibility index (Phi) is 6.14. The molecule has 0 atom stereocenters. The van der Waals surface area contributed by atoms with Gasteiger partial charge in [-0.2, -0.15) is 11.3 Å². The Hall–Kier alpha value is -2.51. The summed E-state index contributed by atoms with van der Waals surface area (Å²) in [6.45, 7) is 1.74. The monoisotopic (exact) mass is 386 g/mol. The van der Waals surface area contributed by atoms with Crippen LogP contribution in [0.1, 0.15) is 18.2 Å². The number of nitrogens with one attached hydrogen (secondary N) is 1. The summed E-state index contributed by atoms with van der Waals surface area (Å²) in [7, 11) is 0. The summed E-state index contributed by atoms with van der Waals surface area (Å²) < 4.78 is 5.05. The van der Waals surface area contributed by atoms with Crippen molar-refractivity contribution in [1.82, 2.24) is 4.98 Å². The molecule has 2 aromatic heterocycles. The maximum Gasteiger partial charge on any atom is 0.312 e. The SMILES string of the molecule is CCc1cccc(NC(=O)COC(=O)Cc2csc(-c3ccsc3)n2)c1. The Balaban J connectivity index is 1.47. The predicted molar refractivity (Wildman–Crippen MR) is 105 cm³/mol. The molecule has 0 saturated carbocycles. The molecule has 0 unspecified atom stereocenters. The Labute approximate surface area is 159 Å². The maximum atomic E-state index is 11.9. The molecule has 7 heteroatoms. The summed E-state index contributed by atoms with van der Waals surface area (Å²) in [5, 5.41) is 9.44. The van der Waals surface area contributed by atoms with E-state index in [0.717, 1.165) is 22.6 Å². The van der Waals surface area contributed by atoms with Gasteiger partial charge in [-0.3, -0.25) is 9.59 Å². The second kappa shape index (κ2) is 8.73. The smallest absolute Gasteiger partial charge is 0.312 e. The third-order valence-electron chi connectivity index (χ3n) is 3.63. The molecule has 134 valence electrons. The summed E-state index contributed by atoms with van der Waals surface area (Å²) >= 11 is 3.09. The minimum atomic E-state index is -0.468. The number of anilines is 1. The summed E-state index contributed by atoms with van der Waals surface area (Å²) in [6.07, 6.45) is 0.943. The number of hydrogen-bond donors (Lipinski definition) is 1. The quantitative estimate of drug-likeness (QED) is 0.619. The van der Waals surface area contributed by atoms with Crippen molar-refractivity contribution in [2.75, 3.05) is 11.9 Å². The van der Waals surface area contributed by atoms with Crippen LogP contribution in [0.15, 0.2) is 46.5 Å². The standard InChI is InChI=1S/C19H18N2O3S2/c1-2-13-4-3-5-15(8-13)20-17(22)10-24-18(23)9-16-12-26-19(21-16)14-6-7-25-11-14/h3-8,11-12H,2,9-10H2,1H3,(H,20,22). The highest BCUT2D eigenvalue weighted by Gasteiger charge is 2.12. The van der Waals surface area contributed by atoms with Crippen molar-refractivity contribution in [3.63, 3.8) is 0 Å². The third kappa shape index (κ3) is 5.00. The van der Waals surface area contributed by atoms with Gasteiger partial charge in [-0.1, -0.05) is 19.1 Å². The fraction of sp³-hybridized carbons (Fsp3) is 0.211. The molecule has 1 aromatic carbocycles. The van der Waals surface area contributed by atoms with Gasteiger partial charge in [-0.05, 0) is 35.6 Å². The Morgan fingerprint density at radius 1 is 1.23 bits per heavy atom. The average molecular weight is 386 g/mol. The van der Waals surface area contributed by atoms with Gasteiger partial charge in [0.2, 0.25) is 0 Å². The van der Waals surface area contributed by atoms with Crippen molar-refractivity contribution < 1.29 is 14.3 Å². The number of esters is 1. The van der Waals surface area contributed by atoms with Gasteiger partial charge in [0.1, 0.15) is 5.01 Å². The van der Waals surface area contributed by atoms with E-state index in [1.807, 2.05) is 47.3 Å². The molecule has 3 aromatic rings. The first-order chi connectivity index (χ1) is 12.6. The van der Waals surface area contributed by atoms with Crippen molar-refractivity contribution in [3.05, 3.63) is 57.7 Å². The van der Waals surface area contributed by atoms with Crippen molar-refractivity contribution in [2.24, 2.45) is 0 Å². The second-order valence-electron chi connectivity index (χ2n) is 5.60. The molecule has 0 fully saturated rings. The molecule has 3 rings (SSSR count). The number of thiazole rings is 1. The average Bonchev–Trinajstić information content (AvgIpc) is 3.31. The summed E-state index contributed by atoms with van der Waals surface area (Å²) in [6, 6.07) is 9.58. The van der Waals surface area contributed by atoms with E-state index in [1.54, 1.807) is 17.4 Å². The highest BCUT2D eigenvalue weighted by Crippen LogP contribution is 2.25. The highest BCUT2D eigenvalue weighted by atomic mass is 32.1. The molecule has 0 bridgehead atoms. The van der Waals surface area contributed by atoms with Crippen molar-refractivity contribution in [1.29, 1.82) is 0 Å². The third-order valence-corrected chi connectivity index (χ3v) is 5.25. The van der Waals surface area contributed by atoms with E-state index in [1.165, 1.54) is 11.3 Å². The first-order valence-corrected chi connectivity index (χ1v) is 9.97. The Morgan fingerprint density at radius 3 is 2.88 bits per heavy atom. The number of rotatable bonds is 7. The number of nitrogens with zero attached hydrogens (tertiary/aromatic N) is 1. The minimum absolute atomic E-state index is 0.0548. The Morgan fingerprint density at radius 2 is 2.12 bits per heavy atom. The summed E-state index contributed by atoms with van der Waals surface area (Å²) in [5.41, 5.74) is 3.53. The van der Waals surface area contributed by atoms with E-state index in [4.69, 9.17) is 4.74 Å². The summed E-state index contributed by atoms with van der Waals surface area (Å²) in [5.74, 6) is -0.825. The second-order valence-corrected chi connectivity index (χ2v) is 7.23. The van der Waals surface area contributed by atoms with Gasteiger partial charge in [0.15, 0.2) is 6.61 Å². The minimum Gasteiger partial charge on any atom is -0.455 e. The summed E-state index contributed by atoms with van der Waals surface area (Å²) in [4.78, 5) is 28.3. The maximum absolute atomic E-state index is 11.9. The van der Waals surface area contributed by atoms with Gasteiger partial charge < -0.3 is 10.1 Å². The fourth-order valence-corrected chi connectivity index (χ4v) is 3.85. The lowest BCUT2D eigenvalue weighted by Gasteiger charge is -2.07. The van der Waals surface area contributed by atoms with Gasteiger partial charge in [-0.25, -0.2) is 4.98 Å². The van der Waals surface area contributed by atoms with Crippen molar-refractivity contribution in [3.8, 4) is 10.6 Å². The number of hydrogen-bond acceptors (Lipinski definition) is 6. The first-order valence-electron chi connectivity index (χ1n) is 8.15. The zero-order valence-corrected chi connectivity index (χ0v) is 15.9. The van der Waals surface area contributed by atoms with Crippen LogP contribution in [0.25, 0.3) is 10.6 Å². The molecular weight excluding hydrogens is 368 g/mol. The number of carbonyl (C=O) groups excluding carboxylic acids is 2. The molecule has 1 amide bonds. The number of benzene rings is 1. The largest absolute Gasteiger partial charge is 0.455 e. The number of thiophene rings is 1. The van der Waals surface area contributed by atoms with Gasteiger partial charge in [0.25, 0.3) is 5.91 Å². The molecule has 0 aliphatic carbocycles. The molecule has 2 heterocycles. The molecule has 0 spiro atoms. The van der Waals surface area contributed by atoms with Crippen LogP contribution in [0.2, 0.25) is 0 Å². The van der Waals surface area contributed by atoms with Gasteiger partial charge in [-0.15, -0.1) is 11.3 Å². The lowest BCUT2D eigenvalue weighted by molar-refractivity contribution is -0.146. The predicted octanol–water partition coefficient (Wildman–Crippen LogP) is 4.16. The van der Waals surface area contributed by atoms with Gasteiger partial charge in [0.05, 0.1) is 12.1 Å². The number of aromatic nitrogens is 1. The molecule has 0 aliphatic rings. The highest BCUT2D eigenvalue weighted by molar-refractivity contribution is 7.14. The van der Waals surface area contributed by atoms with E-state index in [0.29, 0.717) is 11.4 Å². The number of amides is 1. The van der Waals surface area contributed by atoms with Crippen LogP contribution < -0.4 is 5.32 Å². The molecule has 1 N–H and O–H groups in total. The topological polar surface area (TPSA) is 68.3 Å². The van der Waals surface area contributed by atoms with Gasteiger partial charge in [0, 0.05) is 22.0 Å². The van der Waals surface area contributed by atoms with Crippen LogP contribution in [0.3, 0.4) is 0 Å². The van der Waals surface area contributed by atoms with E-state index < -0.39 is 5.97 Å². The molecule has 26 heavy (non-hydrogen) atoms. The van der Waals surface area contributed by atoms with E-state index in [-0.39, 0.29) is 18.9 Å². The Bertz CT molecular complexity index is 888. The van der Waals surface area contributed by atoms with Crippen molar-refractivity contribution in [2.45, 2.75) is 19.8 Å². The van der Waals surface area contributed by atoms with Gasteiger partial charge >= 0.3 is 5.97 Å². The van der Waals surface area contributed by atoms with E-state index in [2.05, 4.69) is 10.3 Å². The lowest BCUT2D eigenvalue weighted by atomic mass is 10.1. The van der Waals surface area contributed by atoms with Crippen LogP contribution in [0.5, 0.6) is 0 Å². The van der Waals surface area contributed by atoms with Crippen LogP contribution in [-0.2, 0) is 27.2 Å². The number of carbonyl (C=O) groups is 2. The molecule has 5 nitrogen and oxygen atoms in total. The molecule has 0 aliphatic heterocycles. The molecular formula is C19H18N2O3S2. The lowest BCUT2D eigenvalue weighted by Crippen LogP contribution is -2.21. The molecule has 0 saturated heterocycles. The normalized spacial score (nSPS) is 10.5. The number of aryl methyl sites for hydroxylation is 1. The van der Waals surface area contributed by atoms with E-state index in [9.17, 15) is 9.59 Å².